The van der Waals surface area contributed by atoms with Crippen molar-refractivity contribution < 1.29 is 0 Å². The van der Waals surface area contributed by atoms with E-state index in [2.05, 4.69) is 36.7 Å². The molecular weight excluding hydrogens is 278 g/mol. The highest BCUT2D eigenvalue weighted by Crippen LogP contribution is 2.42. The fourth-order valence-electron chi connectivity index (χ4n) is 0.574. The van der Waals surface area contributed by atoms with Crippen molar-refractivity contribution in [2.24, 2.45) is 0 Å². The number of nitrogens with zero attached hydrogens (tertiary/aromatic N) is 1. The van der Waals surface area contributed by atoms with Gasteiger partial charge in [-0.25, -0.2) is 4.85 Å². The second-order valence-electron chi connectivity index (χ2n) is 1.71. The Balaban J connectivity index is 3.37. The van der Waals surface area contributed by atoms with Crippen molar-refractivity contribution in [2.45, 2.75) is 6.92 Å². The Morgan fingerprint density at radius 1 is 1.50 bits per heavy atom. The predicted molar refractivity (Wildman–Crippen MR) is 50.7 cm³/mol. The van der Waals surface area contributed by atoms with E-state index in [0.29, 0.717) is 5.69 Å². The third-order valence-corrected chi connectivity index (χ3v) is 4.03. The number of halogens is 2. The van der Waals surface area contributed by atoms with E-state index in [4.69, 9.17) is 6.57 Å². The van der Waals surface area contributed by atoms with Crippen LogP contribution in [0.2, 0.25) is 0 Å². The number of hydrogen-bond donors (Lipinski definition) is 0. The average Bonchev–Trinajstić information content (AvgIpc) is 2.09. The molecule has 0 atom stereocenters. The summed E-state index contributed by atoms with van der Waals surface area (Å²) < 4.78 is 1.83. The SMILES string of the molecule is [C-]#[N+]c1c(Br)sc(C)c1Br. The Labute approximate surface area is 80.1 Å². The summed E-state index contributed by atoms with van der Waals surface area (Å²) in [5.41, 5.74) is 0.683. The van der Waals surface area contributed by atoms with E-state index >= 15 is 0 Å². The second-order valence-corrected chi connectivity index (χ2v) is 5.04. The first kappa shape index (κ1) is 8.25. The molecule has 1 aromatic rings. The van der Waals surface area contributed by atoms with Gasteiger partial charge in [0.2, 0.25) is 5.69 Å². The maximum absolute atomic E-state index is 6.81. The predicted octanol–water partition coefficient (Wildman–Crippen LogP) is 4.13. The number of rotatable bonds is 0. The maximum Gasteiger partial charge on any atom is 0.225 e. The molecule has 0 saturated heterocycles. The van der Waals surface area contributed by atoms with E-state index in [-0.39, 0.29) is 0 Å². The van der Waals surface area contributed by atoms with Gasteiger partial charge in [-0.1, -0.05) is 31.9 Å². The first-order chi connectivity index (χ1) is 4.66. The third-order valence-electron chi connectivity index (χ3n) is 1.06. The van der Waals surface area contributed by atoms with Gasteiger partial charge in [0.25, 0.3) is 0 Å². The number of hydrogen-bond acceptors (Lipinski definition) is 1. The van der Waals surface area contributed by atoms with Crippen LogP contribution in [0.4, 0.5) is 5.69 Å². The van der Waals surface area contributed by atoms with Gasteiger partial charge in [0.15, 0.2) is 0 Å². The summed E-state index contributed by atoms with van der Waals surface area (Å²) in [4.78, 5) is 4.49. The minimum atomic E-state index is 0.683. The maximum atomic E-state index is 6.81. The van der Waals surface area contributed by atoms with Crippen LogP contribution in [0.25, 0.3) is 4.85 Å². The lowest BCUT2D eigenvalue weighted by Crippen LogP contribution is -1.57. The zero-order valence-corrected chi connectivity index (χ0v) is 9.10. The lowest BCUT2D eigenvalue weighted by Gasteiger charge is -1.83. The topological polar surface area (TPSA) is 4.36 Å². The van der Waals surface area contributed by atoms with Crippen LogP contribution in [0, 0.1) is 13.5 Å². The van der Waals surface area contributed by atoms with Gasteiger partial charge in [0.1, 0.15) is 0 Å². The van der Waals surface area contributed by atoms with E-state index < -0.39 is 0 Å². The van der Waals surface area contributed by atoms with Crippen LogP contribution in [-0.2, 0) is 0 Å². The van der Waals surface area contributed by atoms with E-state index in [9.17, 15) is 0 Å². The number of thiophene rings is 1. The van der Waals surface area contributed by atoms with Crippen LogP contribution in [0.15, 0.2) is 8.26 Å². The molecule has 0 N–H and O–H groups in total. The molecule has 52 valence electrons. The molecule has 0 fully saturated rings. The van der Waals surface area contributed by atoms with Gasteiger partial charge in [-0.2, -0.15) is 0 Å². The average molecular weight is 281 g/mol. The first-order valence-electron chi connectivity index (χ1n) is 2.48. The molecule has 0 unspecified atom stereocenters. The summed E-state index contributed by atoms with van der Waals surface area (Å²) in [5, 5.41) is 0. The van der Waals surface area contributed by atoms with Gasteiger partial charge in [0, 0.05) is 9.35 Å². The molecule has 0 amide bonds. The fourth-order valence-corrected chi connectivity index (χ4v) is 3.22. The van der Waals surface area contributed by atoms with Gasteiger partial charge in [-0.3, -0.25) is 0 Å². The monoisotopic (exact) mass is 279 g/mol. The van der Waals surface area contributed by atoms with Crippen molar-refractivity contribution in [3.8, 4) is 0 Å². The Morgan fingerprint density at radius 2 is 2.10 bits per heavy atom. The lowest BCUT2D eigenvalue weighted by molar-refractivity contribution is 1.59. The Hall–Kier alpha value is 0.150. The van der Waals surface area contributed by atoms with Crippen molar-refractivity contribution in [2.75, 3.05) is 0 Å². The summed E-state index contributed by atoms with van der Waals surface area (Å²) >= 11 is 8.21. The highest BCUT2D eigenvalue weighted by atomic mass is 79.9. The largest absolute Gasteiger partial charge is 0.235 e. The van der Waals surface area contributed by atoms with Gasteiger partial charge < -0.3 is 0 Å². The minimum Gasteiger partial charge on any atom is -0.235 e. The van der Waals surface area contributed by atoms with Crippen molar-refractivity contribution in [3.05, 3.63) is 24.6 Å². The molecule has 0 bridgehead atoms. The van der Waals surface area contributed by atoms with Gasteiger partial charge in [-0.15, -0.1) is 11.3 Å². The highest BCUT2D eigenvalue weighted by Gasteiger charge is 2.10. The quantitative estimate of drug-likeness (QED) is 0.630. The van der Waals surface area contributed by atoms with Crippen LogP contribution < -0.4 is 0 Å². The molecule has 0 saturated carbocycles. The molecule has 0 aliphatic carbocycles. The van der Waals surface area contributed by atoms with Crippen LogP contribution in [0.5, 0.6) is 0 Å². The highest BCUT2D eigenvalue weighted by molar-refractivity contribution is 9.11. The van der Waals surface area contributed by atoms with Crippen molar-refractivity contribution >= 4 is 48.9 Å². The molecule has 1 rings (SSSR count). The van der Waals surface area contributed by atoms with E-state index in [1.807, 2.05) is 6.92 Å². The zero-order chi connectivity index (χ0) is 7.72. The normalized spacial score (nSPS) is 9.40. The molecule has 0 spiro atoms. The molecule has 0 aliphatic heterocycles. The first-order valence-corrected chi connectivity index (χ1v) is 4.89. The minimum absolute atomic E-state index is 0.683. The van der Waals surface area contributed by atoms with Crippen LogP contribution in [0.3, 0.4) is 0 Å². The third kappa shape index (κ3) is 1.26. The molecule has 4 heteroatoms. The molecule has 0 radical (unpaired) electrons. The van der Waals surface area contributed by atoms with Crippen LogP contribution >= 0.6 is 43.2 Å². The molecule has 10 heavy (non-hydrogen) atoms. The molecular formula is C6H3Br2NS. The lowest BCUT2D eigenvalue weighted by atomic mass is 10.5. The summed E-state index contributed by atoms with van der Waals surface area (Å²) in [6.45, 7) is 8.79. The van der Waals surface area contributed by atoms with Crippen LogP contribution in [-0.4, -0.2) is 0 Å². The molecule has 1 heterocycles. The zero-order valence-electron chi connectivity index (χ0n) is 5.11. The summed E-state index contributed by atoms with van der Waals surface area (Å²) in [5.74, 6) is 0. The molecule has 0 aromatic carbocycles. The van der Waals surface area contributed by atoms with Crippen molar-refractivity contribution in [1.82, 2.24) is 0 Å². The fraction of sp³-hybridized carbons (Fsp3) is 0.167. The van der Waals surface area contributed by atoms with E-state index in [1.165, 1.54) is 0 Å². The van der Waals surface area contributed by atoms with Crippen LogP contribution in [0.1, 0.15) is 4.88 Å². The Morgan fingerprint density at radius 3 is 2.30 bits per heavy atom. The second kappa shape index (κ2) is 3.04. The Bertz CT molecular complexity index is 297. The molecule has 1 aromatic heterocycles. The van der Waals surface area contributed by atoms with E-state index in [1.54, 1.807) is 11.3 Å². The number of aryl methyl sites for hydroxylation is 1. The van der Waals surface area contributed by atoms with E-state index in [0.717, 1.165) is 13.1 Å². The molecule has 1 nitrogen and oxygen atoms in total. The van der Waals surface area contributed by atoms with Gasteiger partial charge in [-0.05, 0) is 6.92 Å². The smallest absolute Gasteiger partial charge is 0.225 e. The van der Waals surface area contributed by atoms with Gasteiger partial charge >= 0.3 is 0 Å². The molecule has 0 aliphatic rings. The van der Waals surface area contributed by atoms with Gasteiger partial charge in [0.05, 0.1) is 10.4 Å². The van der Waals surface area contributed by atoms with Crippen molar-refractivity contribution in [3.63, 3.8) is 0 Å². The summed E-state index contributed by atoms with van der Waals surface area (Å²) in [6.07, 6.45) is 0. The Kier molecular flexibility index (Phi) is 2.50. The standard InChI is InChI=1S/C6H3Br2NS/c1-3-4(7)5(9-2)6(8)10-3/h1H3. The van der Waals surface area contributed by atoms with Crippen molar-refractivity contribution in [1.29, 1.82) is 0 Å². The summed E-state index contributed by atoms with van der Waals surface area (Å²) in [6, 6.07) is 0. The summed E-state index contributed by atoms with van der Waals surface area (Å²) in [7, 11) is 0.